The molecule has 2 aromatic heterocycles. The number of hydrogen-bond donors (Lipinski definition) is 2. The maximum absolute atomic E-state index is 13.4. The Labute approximate surface area is 184 Å². The summed E-state index contributed by atoms with van der Waals surface area (Å²) in [5, 5.41) is 4.86. The highest BCUT2D eigenvalue weighted by molar-refractivity contribution is 6.30. The van der Waals surface area contributed by atoms with Crippen LogP contribution in [-0.4, -0.2) is 31.8 Å². The summed E-state index contributed by atoms with van der Waals surface area (Å²) >= 11 is 6.07. The van der Waals surface area contributed by atoms with Crippen molar-refractivity contribution in [2.75, 3.05) is 17.2 Å². The van der Waals surface area contributed by atoms with Crippen LogP contribution in [0.3, 0.4) is 0 Å². The summed E-state index contributed by atoms with van der Waals surface area (Å²) in [4.78, 5) is 41.7. The van der Waals surface area contributed by atoms with Gasteiger partial charge in [0.1, 0.15) is 5.82 Å². The molecule has 3 N–H and O–H groups in total. The summed E-state index contributed by atoms with van der Waals surface area (Å²) in [6.07, 6.45) is 3.00. The van der Waals surface area contributed by atoms with Gasteiger partial charge in [-0.3, -0.25) is 19.1 Å². The van der Waals surface area contributed by atoms with Crippen molar-refractivity contribution in [3.05, 3.63) is 67.6 Å². The standard InChI is InChI=1S/C21H25ClN6O3/c1-4-6-10-27-18(23)17(19(29)25-21(27)31)26(5-2)20(30)16-12-24-28(13(16)3)15-9-7-8-14(22)11-15/h7-9,11-12H,4-6,10,23H2,1-3H3,(H,25,29,31). The molecule has 3 aromatic rings. The lowest BCUT2D eigenvalue weighted by atomic mass is 10.2. The quantitative estimate of drug-likeness (QED) is 0.580. The molecule has 164 valence electrons. The molecule has 0 fully saturated rings. The molecule has 0 radical (unpaired) electrons. The number of unbranched alkanes of at least 4 members (excludes halogenated alkanes) is 1. The van der Waals surface area contributed by atoms with Gasteiger partial charge >= 0.3 is 5.69 Å². The Morgan fingerprint density at radius 3 is 2.68 bits per heavy atom. The number of amides is 1. The predicted octanol–water partition coefficient (Wildman–Crippen LogP) is 2.73. The van der Waals surface area contributed by atoms with E-state index in [0.29, 0.717) is 34.9 Å². The third-order valence-corrected chi connectivity index (χ3v) is 5.31. The Balaban J connectivity index is 2.06. The number of aromatic nitrogens is 4. The molecule has 2 heterocycles. The van der Waals surface area contributed by atoms with Gasteiger partial charge in [-0.1, -0.05) is 31.0 Å². The average Bonchev–Trinajstić information content (AvgIpc) is 3.11. The van der Waals surface area contributed by atoms with Gasteiger partial charge in [0.2, 0.25) is 0 Å². The maximum atomic E-state index is 13.4. The lowest BCUT2D eigenvalue weighted by Crippen LogP contribution is -2.41. The van der Waals surface area contributed by atoms with Crippen LogP contribution < -0.4 is 21.9 Å². The molecule has 0 aliphatic heterocycles. The third-order valence-electron chi connectivity index (χ3n) is 5.07. The second kappa shape index (κ2) is 9.22. The largest absolute Gasteiger partial charge is 0.383 e. The molecular weight excluding hydrogens is 420 g/mol. The van der Waals surface area contributed by atoms with Crippen LogP contribution >= 0.6 is 11.6 Å². The highest BCUT2D eigenvalue weighted by atomic mass is 35.5. The second-order valence-electron chi connectivity index (χ2n) is 7.08. The molecule has 10 heteroatoms. The molecule has 0 aliphatic carbocycles. The number of carbonyl (C=O) groups is 1. The number of hydrogen-bond acceptors (Lipinski definition) is 5. The smallest absolute Gasteiger partial charge is 0.330 e. The van der Waals surface area contributed by atoms with Gasteiger partial charge in [0.25, 0.3) is 11.5 Å². The topological polar surface area (TPSA) is 119 Å². The second-order valence-corrected chi connectivity index (χ2v) is 7.52. The van der Waals surface area contributed by atoms with E-state index in [1.54, 1.807) is 36.7 Å². The van der Waals surface area contributed by atoms with Gasteiger partial charge in [0.15, 0.2) is 5.69 Å². The summed E-state index contributed by atoms with van der Waals surface area (Å²) < 4.78 is 2.89. The van der Waals surface area contributed by atoms with E-state index in [4.69, 9.17) is 17.3 Å². The Morgan fingerprint density at radius 2 is 2.03 bits per heavy atom. The normalized spacial score (nSPS) is 11.0. The first kappa shape index (κ1) is 22.4. The molecular formula is C21H25ClN6O3. The molecule has 0 spiro atoms. The van der Waals surface area contributed by atoms with E-state index >= 15 is 0 Å². The van der Waals surface area contributed by atoms with Crippen LogP contribution in [0.2, 0.25) is 5.02 Å². The fourth-order valence-electron chi connectivity index (χ4n) is 3.41. The average molecular weight is 445 g/mol. The third kappa shape index (κ3) is 4.27. The van der Waals surface area contributed by atoms with Crippen molar-refractivity contribution in [3.8, 4) is 5.69 Å². The van der Waals surface area contributed by atoms with Crippen molar-refractivity contribution in [3.63, 3.8) is 0 Å². The van der Waals surface area contributed by atoms with Crippen molar-refractivity contribution < 1.29 is 4.79 Å². The van der Waals surface area contributed by atoms with E-state index in [1.165, 1.54) is 15.7 Å². The van der Waals surface area contributed by atoms with Crippen LogP contribution in [0, 0.1) is 6.92 Å². The maximum Gasteiger partial charge on any atom is 0.330 e. The first-order valence-electron chi connectivity index (χ1n) is 10.0. The lowest BCUT2D eigenvalue weighted by molar-refractivity contribution is 0.0987. The van der Waals surface area contributed by atoms with Crippen LogP contribution in [0.1, 0.15) is 42.7 Å². The number of nitrogen functional groups attached to an aromatic ring is 1. The summed E-state index contributed by atoms with van der Waals surface area (Å²) in [6.45, 7) is 6.00. The molecule has 1 amide bonds. The van der Waals surface area contributed by atoms with Gasteiger partial charge < -0.3 is 10.6 Å². The van der Waals surface area contributed by atoms with Crippen molar-refractivity contribution in [1.29, 1.82) is 0 Å². The monoisotopic (exact) mass is 444 g/mol. The minimum absolute atomic E-state index is 0.0303. The number of H-pyrrole nitrogens is 1. The molecule has 0 bridgehead atoms. The van der Waals surface area contributed by atoms with E-state index in [9.17, 15) is 14.4 Å². The Kier molecular flexibility index (Phi) is 6.65. The van der Waals surface area contributed by atoms with Crippen LogP contribution in [0.4, 0.5) is 11.5 Å². The Hall–Kier alpha value is -3.33. The molecule has 31 heavy (non-hydrogen) atoms. The van der Waals surface area contributed by atoms with Crippen LogP contribution in [0.15, 0.2) is 40.1 Å². The zero-order valence-corrected chi connectivity index (χ0v) is 18.4. The molecule has 0 saturated carbocycles. The van der Waals surface area contributed by atoms with Crippen LogP contribution in [0.5, 0.6) is 0 Å². The van der Waals surface area contributed by atoms with Crippen molar-refractivity contribution >= 4 is 29.0 Å². The number of benzene rings is 1. The zero-order valence-electron chi connectivity index (χ0n) is 17.7. The van der Waals surface area contributed by atoms with E-state index in [2.05, 4.69) is 10.1 Å². The fraction of sp³-hybridized carbons (Fsp3) is 0.333. The fourth-order valence-corrected chi connectivity index (χ4v) is 3.60. The van der Waals surface area contributed by atoms with Gasteiger partial charge in [-0.05, 0) is 38.5 Å². The van der Waals surface area contributed by atoms with E-state index in [-0.39, 0.29) is 18.1 Å². The predicted molar refractivity (Wildman–Crippen MR) is 121 cm³/mol. The molecule has 0 atom stereocenters. The van der Waals surface area contributed by atoms with Gasteiger partial charge in [-0.2, -0.15) is 5.10 Å². The number of aromatic amines is 1. The summed E-state index contributed by atoms with van der Waals surface area (Å²) in [7, 11) is 0. The first-order chi connectivity index (χ1) is 14.8. The molecule has 1 aromatic carbocycles. The van der Waals surface area contributed by atoms with E-state index in [1.807, 2.05) is 13.0 Å². The number of rotatable bonds is 7. The van der Waals surface area contributed by atoms with E-state index < -0.39 is 17.2 Å². The van der Waals surface area contributed by atoms with E-state index in [0.717, 1.165) is 6.42 Å². The van der Waals surface area contributed by atoms with Gasteiger partial charge in [0, 0.05) is 18.1 Å². The van der Waals surface area contributed by atoms with Crippen LogP contribution in [0.25, 0.3) is 5.69 Å². The SMILES string of the molecule is CCCCn1c(N)c(N(CC)C(=O)c2cnn(-c3cccc(Cl)c3)c2C)c(=O)[nH]c1=O. The Morgan fingerprint density at radius 1 is 1.29 bits per heavy atom. The first-order valence-corrected chi connectivity index (χ1v) is 10.4. The minimum Gasteiger partial charge on any atom is -0.383 e. The number of nitrogens with one attached hydrogen (secondary N) is 1. The van der Waals surface area contributed by atoms with Crippen molar-refractivity contribution in [2.45, 2.75) is 40.2 Å². The molecule has 0 saturated heterocycles. The molecule has 3 rings (SSSR count). The summed E-state index contributed by atoms with van der Waals surface area (Å²) in [5.41, 5.74) is 6.45. The van der Waals surface area contributed by atoms with Gasteiger partial charge in [0.05, 0.1) is 23.1 Å². The molecule has 0 aliphatic rings. The highest BCUT2D eigenvalue weighted by Gasteiger charge is 2.26. The van der Waals surface area contributed by atoms with Crippen molar-refractivity contribution in [1.82, 2.24) is 19.3 Å². The highest BCUT2D eigenvalue weighted by Crippen LogP contribution is 2.23. The number of anilines is 2. The van der Waals surface area contributed by atoms with Crippen molar-refractivity contribution in [2.24, 2.45) is 0 Å². The number of nitrogens with two attached hydrogens (primary N) is 1. The lowest BCUT2D eigenvalue weighted by Gasteiger charge is -2.23. The summed E-state index contributed by atoms with van der Waals surface area (Å²) in [6, 6.07) is 7.10. The number of nitrogens with zero attached hydrogens (tertiary/aromatic N) is 4. The van der Waals surface area contributed by atoms with Gasteiger partial charge in [-0.25, -0.2) is 9.48 Å². The molecule has 9 nitrogen and oxygen atoms in total. The summed E-state index contributed by atoms with van der Waals surface area (Å²) in [5.74, 6) is -0.469. The zero-order chi connectivity index (χ0) is 22.7. The van der Waals surface area contributed by atoms with Crippen LogP contribution in [-0.2, 0) is 6.54 Å². The Bertz CT molecular complexity index is 1230. The van der Waals surface area contributed by atoms with Gasteiger partial charge in [-0.15, -0.1) is 0 Å². The number of carbonyl (C=O) groups excluding carboxylic acids is 1. The minimum atomic E-state index is -0.703. The molecule has 0 unspecified atom stereocenters. The number of halogens is 1.